The maximum Gasteiger partial charge on any atom is 0.249 e. The van der Waals surface area contributed by atoms with Crippen molar-refractivity contribution in [1.29, 1.82) is 0 Å². The van der Waals surface area contributed by atoms with Gasteiger partial charge < -0.3 is 4.81 Å². The summed E-state index contributed by atoms with van der Waals surface area (Å²) in [5, 5.41) is 0. The lowest BCUT2D eigenvalue weighted by Crippen LogP contribution is -2.27. The van der Waals surface area contributed by atoms with Gasteiger partial charge >= 0.3 is 0 Å². The first-order valence-electron chi connectivity index (χ1n) is 5.30. The number of rotatable bonds is 0. The van der Waals surface area contributed by atoms with E-state index in [0.717, 1.165) is 5.56 Å². The van der Waals surface area contributed by atoms with E-state index in [9.17, 15) is 9.59 Å². The Labute approximate surface area is 95.9 Å². The lowest BCUT2D eigenvalue weighted by atomic mass is 9.82. The number of hydrogen-bond donors (Lipinski definition) is 0. The van der Waals surface area contributed by atoms with Gasteiger partial charge in [-0.2, -0.15) is 0 Å². The lowest BCUT2D eigenvalue weighted by Gasteiger charge is -2.21. The summed E-state index contributed by atoms with van der Waals surface area (Å²) in [5.74, 6) is -0.392. The average Bonchev–Trinajstić information content (AvgIpc) is 2.43. The van der Waals surface area contributed by atoms with Crippen LogP contribution in [0, 0.1) is 0 Å². The van der Waals surface area contributed by atoms with Crippen molar-refractivity contribution in [2.24, 2.45) is 0 Å². The fraction of sp³-hybridized carbons (Fsp3) is 0.333. The molecule has 4 heteroatoms. The maximum atomic E-state index is 12.0. The summed E-state index contributed by atoms with van der Waals surface area (Å²) < 4.78 is 0. The number of carbonyl (C=O) groups is 2. The van der Waals surface area contributed by atoms with E-state index in [-0.39, 0.29) is 17.2 Å². The summed E-state index contributed by atoms with van der Waals surface area (Å²) in [6.45, 7) is 6.12. The first kappa shape index (κ1) is 10.9. The fourth-order valence-corrected chi connectivity index (χ4v) is 2.03. The van der Waals surface area contributed by atoms with Crippen LogP contribution in [-0.4, -0.2) is 24.6 Å². The molecule has 0 fully saturated rings. The van der Waals surface area contributed by atoms with Crippen LogP contribution < -0.4 is 0 Å². The van der Waals surface area contributed by atoms with Gasteiger partial charge in [-0.05, 0) is 17.0 Å². The quantitative estimate of drug-likeness (QED) is 0.480. The molecule has 1 heterocycles. The van der Waals surface area contributed by atoms with Gasteiger partial charge in [0.05, 0.1) is 11.1 Å². The molecule has 0 N–H and O–H groups in total. The molecule has 0 atom stereocenters. The summed E-state index contributed by atoms with van der Waals surface area (Å²) in [5.41, 5.74) is 1.90. The highest BCUT2D eigenvalue weighted by atomic mass is 16.2. The molecule has 2 amide bonds. The smallest absolute Gasteiger partial charge is 0.249 e. The zero-order valence-electron chi connectivity index (χ0n) is 10.00. The molecule has 0 aliphatic carbocycles. The molecule has 1 aromatic rings. The van der Waals surface area contributed by atoms with Crippen molar-refractivity contribution in [1.82, 2.24) is 4.81 Å². The minimum absolute atomic E-state index is 0.132. The van der Waals surface area contributed by atoms with Gasteiger partial charge in [0.15, 0.2) is 0 Å². The minimum Gasteiger partial charge on any atom is -0.328 e. The number of fused-ring (bicyclic) bond motifs is 1. The van der Waals surface area contributed by atoms with Crippen LogP contribution in [0.2, 0.25) is 0 Å². The molecule has 0 saturated heterocycles. The zero-order valence-corrected chi connectivity index (χ0v) is 10.00. The Morgan fingerprint density at radius 1 is 1.12 bits per heavy atom. The molecular formula is C12H14BNO2. The third kappa shape index (κ3) is 1.37. The van der Waals surface area contributed by atoms with Gasteiger partial charge in [-0.15, -0.1) is 0 Å². The van der Waals surface area contributed by atoms with E-state index in [0.29, 0.717) is 11.1 Å². The Balaban J connectivity index is 2.72. The van der Waals surface area contributed by atoms with E-state index in [1.54, 1.807) is 6.07 Å². The molecule has 82 valence electrons. The molecule has 0 spiro atoms. The average molecular weight is 215 g/mol. The van der Waals surface area contributed by atoms with Crippen molar-refractivity contribution in [3.8, 4) is 0 Å². The number of nitrogens with zero attached hydrogens (tertiary/aromatic N) is 1. The van der Waals surface area contributed by atoms with Gasteiger partial charge in [-0.25, -0.2) is 0 Å². The van der Waals surface area contributed by atoms with Crippen molar-refractivity contribution in [3.05, 3.63) is 34.9 Å². The molecule has 3 nitrogen and oxygen atoms in total. The van der Waals surface area contributed by atoms with E-state index in [4.69, 9.17) is 0 Å². The number of amides is 2. The molecule has 0 radical (unpaired) electrons. The Bertz CT molecular complexity index is 488. The van der Waals surface area contributed by atoms with Gasteiger partial charge in [0.2, 0.25) is 19.8 Å². The second-order valence-corrected chi connectivity index (χ2v) is 5.15. The predicted octanol–water partition coefficient (Wildman–Crippen LogP) is 1.13. The highest BCUT2D eigenvalue weighted by Crippen LogP contribution is 2.32. The van der Waals surface area contributed by atoms with Crippen molar-refractivity contribution >= 4 is 19.8 Å². The van der Waals surface area contributed by atoms with Crippen molar-refractivity contribution in [3.63, 3.8) is 0 Å². The van der Waals surface area contributed by atoms with Gasteiger partial charge in [0.1, 0.15) is 0 Å². The molecule has 1 aliphatic rings. The van der Waals surface area contributed by atoms with E-state index in [1.165, 1.54) is 12.8 Å². The second kappa shape index (κ2) is 3.21. The highest BCUT2D eigenvalue weighted by molar-refractivity contribution is 6.36. The third-order valence-corrected chi connectivity index (χ3v) is 2.93. The van der Waals surface area contributed by atoms with E-state index < -0.39 is 0 Å². The van der Waals surface area contributed by atoms with Crippen LogP contribution in [0.15, 0.2) is 18.2 Å². The van der Waals surface area contributed by atoms with Crippen molar-refractivity contribution < 1.29 is 9.59 Å². The zero-order chi connectivity index (χ0) is 12.1. The van der Waals surface area contributed by atoms with Crippen molar-refractivity contribution in [2.45, 2.75) is 26.2 Å². The van der Waals surface area contributed by atoms with Crippen molar-refractivity contribution in [2.75, 3.05) is 0 Å². The molecule has 1 aromatic carbocycles. The lowest BCUT2D eigenvalue weighted by molar-refractivity contribution is 0.0765. The Morgan fingerprint density at radius 2 is 1.75 bits per heavy atom. The summed E-state index contributed by atoms with van der Waals surface area (Å²) in [6.07, 6.45) is 0. The first-order chi connectivity index (χ1) is 7.34. The standard InChI is InChI=1S/C12H14BNO2/c1-12(2,3)8-6-4-5-7-9(8)11(16)14(13)10(7)15/h4-6H,13H2,1-3H3. The van der Waals surface area contributed by atoms with Crippen LogP contribution >= 0.6 is 0 Å². The molecule has 0 saturated carbocycles. The first-order valence-corrected chi connectivity index (χ1v) is 5.30. The largest absolute Gasteiger partial charge is 0.328 e. The Morgan fingerprint density at radius 3 is 2.31 bits per heavy atom. The summed E-state index contributed by atoms with van der Waals surface area (Å²) in [6, 6.07) is 5.47. The van der Waals surface area contributed by atoms with Gasteiger partial charge in [-0.3, -0.25) is 9.59 Å². The number of benzene rings is 1. The van der Waals surface area contributed by atoms with Crippen LogP contribution in [0.5, 0.6) is 0 Å². The Kier molecular flexibility index (Phi) is 2.19. The molecule has 0 unspecified atom stereocenters. The molecule has 1 aliphatic heterocycles. The SMILES string of the molecule is BN1C(=O)c2cccc(C(C)(C)C)c2C1=O. The van der Waals surface area contributed by atoms with Crippen LogP contribution in [0.25, 0.3) is 0 Å². The monoisotopic (exact) mass is 215 g/mol. The van der Waals surface area contributed by atoms with Crippen LogP contribution in [0.3, 0.4) is 0 Å². The normalized spacial score (nSPS) is 15.6. The molecule has 16 heavy (non-hydrogen) atoms. The minimum atomic E-state index is -0.203. The predicted molar refractivity (Wildman–Crippen MR) is 64.2 cm³/mol. The summed E-state index contributed by atoms with van der Waals surface area (Å²) >= 11 is 0. The number of hydrogen-bond acceptors (Lipinski definition) is 2. The molecule has 0 bridgehead atoms. The molecule has 0 aromatic heterocycles. The molecule has 2 rings (SSSR count). The van der Waals surface area contributed by atoms with E-state index >= 15 is 0 Å². The van der Waals surface area contributed by atoms with E-state index in [1.807, 2.05) is 32.9 Å². The second-order valence-electron chi connectivity index (χ2n) is 5.15. The van der Waals surface area contributed by atoms with Gasteiger partial charge in [0, 0.05) is 0 Å². The van der Waals surface area contributed by atoms with Crippen LogP contribution in [0.4, 0.5) is 0 Å². The Hall–Kier alpha value is -1.58. The summed E-state index contributed by atoms with van der Waals surface area (Å²) in [4.78, 5) is 25.0. The van der Waals surface area contributed by atoms with Gasteiger partial charge in [-0.1, -0.05) is 32.9 Å². The third-order valence-electron chi connectivity index (χ3n) is 2.93. The van der Waals surface area contributed by atoms with E-state index in [2.05, 4.69) is 0 Å². The van der Waals surface area contributed by atoms with Crippen LogP contribution in [-0.2, 0) is 5.41 Å². The summed E-state index contributed by atoms with van der Waals surface area (Å²) in [7, 11) is 1.52. The van der Waals surface area contributed by atoms with Gasteiger partial charge in [0.25, 0.3) is 0 Å². The maximum absolute atomic E-state index is 12.0. The van der Waals surface area contributed by atoms with Crippen LogP contribution in [0.1, 0.15) is 47.1 Å². The topological polar surface area (TPSA) is 37.4 Å². The molecular weight excluding hydrogens is 201 g/mol. The number of imide groups is 1. The fourth-order valence-electron chi connectivity index (χ4n) is 2.03. The number of carbonyl (C=O) groups excluding carboxylic acids is 2. The highest BCUT2D eigenvalue weighted by Gasteiger charge is 2.36.